The van der Waals surface area contributed by atoms with E-state index in [4.69, 9.17) is 4.74 Å². The number of aliphatic hydroxyl groups is 1. The van der Waals surface area contributed by atoms with E-state index in [0.717, 1.165) is 22.1 Å². The molecule has 1 aliphatic rings. The number of ether oxygens (including phenoxy) is 1. The molecule has 1 aliphatic heterocycles. The van der Waals surface area contributed by atoms with Crippen molar-refractivity contribution in [2.24, 2.45) is 7.05 Å². The maximum atomic E-state index is 10.3. The average Bonchev–Trinajstić information content (AvgIpc) is 2.83. The molecule has 2 atom stereocenters. The van der Waals surface area contributed by atoms with E-state index in [1.165, 1.54) is 0 Å². The van der Waals surface area contributed by atoms with Crippen LogP contribution in [0.15, 0.2) is 41.4 Å². The molecule has 0 amide bonds. The van der Waals surface area contributed by atoms with Gasteiger partial charge in [0.05, 0.1) is 5.69 Å². The quantitative estimate of drug-likeness (QED) is 0.899. The highest BCUT2D eigenvalue weighted by Crippen LogP contribution is 2.38. The molecule has 0 aliphatic carbocycles. The van der Waals surface area contributed by atoms with Crippen LogP contribution in [-0.2, 0) is 7.05 Å². The SMILES string of the molecule is Cn1nccc1C(O)C1CSc2ccccc2O1. The summed E-state index contributed by atoms with van der Waals surface area (Å²) in [6.07, 6.45) is 0.793. The van der Waals surface area contributed by atoms with Crippen molar-refractivity contribution in [2.75, 3.05) is 5.75 Å². The molecular formula is C13H14N2O2S. The third kappa shape index (κ3) is 2.00. The lowest BCUT2D eigenvalue weighted by Crippen LogP contribution is -2.31. The maximum absolute atomic E-state index is 10.3. The Morgan fingerprint density at radius 1 is 1.44 bits per heavy atom. The second kappa shape index (κ2) is 4.66. The minimum atomic E-state index is -0.654. The summed E-state index contributed by atoms with van der Waals surface area (Å²) in [5, 5.41) is 14.4. The maximum Gasteiger partial charge on any atom is 0.140 e. The Labute approximate surface area is 110 Å². The van der Waals surface area contributed by atoms with Crippen molar-refractivity contribution in [3.63, 3.8) is 0 Å². The molecule has 0 saturated heterocycles. The molecule has 1 aromatic heterocycles. The van der Waals surface area contributed by atoms with Gasteiger partial charge in [0.15, 0.2) is 0 Å². The van der Waals surface area contributed by atoms with Gasteiger partial charge in [-0.05, 0) is 18.2 Å². The monoisotopic (exact) mass is 262 g/mol. The molecule has 2 aromatic rings. The first-order chi connectivity index (χ1) is 8.75. The second-order valence-corrected chi connectivity index (χ2v) is 5.30. The van der Waals surface area contributed by atoms with Gasteiger partial charge in [0.1, 0.15) is 18.0 Å². The number of aliphatic hydroxyl groups excluding tert-OH is 1. The molecule has 2 unspecified atom stereocenters. The lowest BCUT2D eigenvalue weighted by Gasteiger charge is -2.29. The molecule has 2 heterocycles. The average molecular weight is 262 g/mol. The number of rotatable bonds is 2. The zero-order chi connectivity index (χ0) is 12.5. The summed E-state index contributed by atoms with van der Waals surface area (Å²) in [7, 11) is 1.82. The summed E-state index contributed by atoms with van der Waals surface area (Å²) in [4.78, 5) is 1.13. The lowest BCUT2D eigenvalue weighted by molar-refractivity contribution is 0.0403. The van der Waals surface area contributed by atoms with Crippen LogP contribution in [0.1, 0.15) is 11.8 Å². The van der Waals surface area contributed by atoms with E-state index in [0.29, 0.717) is 0 Å². The highest BCUT2D eigenvalue weighted by atomic mass is 32.2. The Morgan fingerprint density at radius 2 is 2.28 bits per heavy atom. The molecule has 5 heteroatoms. The van der Waals surface area contributed by atoms with Crippen LogP contribution in [0.25, 0.3) is 0 Å². The predicted molar refractivity (Wildman–Crippen MR) is 69.7 cm³/mol. The van der Waals surface area contributed by atoms with Gasteiger partial charge in [-0.2, -0.15) is 5.10 Å². The molecular weight excluding hydrogens is 248 g/mol. The summed E-state index contributed by atoms with van der Waals surface area (Å²) in [6.45, 7) is 0. The van der Waals surface area contributed by atoms with Gasteiger partial charge in [-0.1, -0.05) is 12.1 Å². The van der Waals surface area contributed by atoms with Gasteiger partial charge in [-0.25, -0.2) is 0 Å². The highest BCUT2D eigenvalue weighted by molar-refractivity contribution is 7.99. The van der Waals surface area contributed by atoms with Crippen LogP contribution >= 0.6 is 11.8 Å². The molecule has 18 heavy (non-hydrogen) atoms. The number of aromatic nitrogens is 2. The molecule has 0 spiro atoms. The van der Waals surface area contributed by atoms with Gasteiger partial charge in [-0.15, -0.1) is 11.8 Å². The van der Waals surface area contributed by atoms with Crippen LogP contribution in [-0.4, -0.2) is 26.7 Å². The second-order valence-electron chi connectivity index (χ2n) is 4.24. The van der Waals surface area contributed by atoms with Gasteiger partial charge < -0.3 is 9.84 Å². The fourth-order valence-electron chi connectivity index (χ4n) is 2.06. The number of hydrogen-bond donors (Lipinski definition) is 1. The fraction of sp³-hybridized carbons (Fsp3) is 0.308. The largest absolute Gasteiger partial charge is 0.485 e. The van der Waals surface area contributed by atoms with Crippen LogP contribution in [0.2, 0.25) is 0 Å². The fourth-order valence-corrected chi connectivity index (χ4v) is 3.08. The van der Waals surface area contributed by atoms with E-state index < -0.39 is 6.10 Å². The van der Waals surface area contributed by atoms with Gasteiger partial charge in [0.25, 0.3) is 0 Å². The number of aryl methyl sites for hydroxylation is 1. The van der Waals surface area contributed by atoms with Crippen LogP contribution in [0.4, 0.5) is 0 Å². The Hall–Kier alpha value is -1.46. The Balaban J connectivity index is 1.82. The van der Waals surface area contributed by atoms with Crippen molar-refractivity contribution >= 4 is 11.8 Å². The highest BCUT2D eigenvalue weighted by Gasteiger charge is 2.29. The van der Waals surface area contributed by atoms with Crippen LogP contribution in [0, 0.1) is 0 Å². The summed E-state index contributed by atoms with van der Waals surface area (Å²) < 4.78 is 7.54. The van der Waals surface area contributed by atoms with E-state index in [-0.39, 0.29) is 6.10 Å². The van der Waals surface area contributed by atoms with Gasteiger partial charge in [0, 0.05) is 23.9 Å². The first-order valence-electron chi connectivity index (χ1n) is 5.80. The number of hydrogen-bond acceptors (Lipinski definition) is 4. The molecule has 1 N–H and O–H groups in total. The number of para-hydroxylation sites is 1. The molecule has 3 rings (SSSR count). The topological polar surface area (TPSA) is 47.3 Å². The van der Waals surface area contributed by atoms with E-state index in [9.17, 15) is 5.11 Å². The molecule has 94 valence electrons. The Morgan fingerprint density at radius 3 is 3.06 bits per heavy atom. The van der Waals surface area contributed by atoms with Crippen molar-refractivity contribution in [1.82, 2.24) is 9.78 Å². The Bertz CT molecular complexity index is 555. The molecule has 0 saturated carbocycles. The smallest absolute Gasteiger partial charge is 0.140 e. The molecule has 0 radical (unpaired) electrons. The molecule has 0 fully saturated rings. The first-order valence-corrected chi connectivity index (χ1v) is 6.79. The van der Waals surface area contributed by atoms with Gasteiger partial charge in [-0.3, -0.25) is 4.68 Å². The van der Waals surface area contributed by atoms with Crippen LogP contribution in [0.5, 0.6) is 5.75 Å². The normalized spacial score (nSPS) is 20.0. The minimum absolute atomic E-state index is 0.236. The molecule has 1 aromatic carbocycles. The zero-order valence-electron chi connectivity index (χ0n) is 9.98. The summed E-state index contributed by atoms with van der Waals surface area (Å²) in [5.41, 5.74) is 0.778. The summed E-state index contributed by atoms with van der Waals surface area (Å²) in [6, 6.07) is 9.72. The third-order valence-corrected chi connectivity index (χ3v) is 4.19. The summed E-state index contributed by atoms with van der Waals surface area (Å²) in [5.74, 6) is 1.59. The zero-order valence-corrected chi connectivity index (χ0v) is 10.8. The standard InChI is InChI=1S/C13H14N2O2S/c1-15-9(6-7-14-15)13(16)11-8-18-12-5-3-2-4-10(12)17-11/h2-7,11,13,16H,8H2,1H3. The van der Waals surface area contributed by atoms with Gasteiger partial charge >= 0.3 is 0 Å². The van der Waals surface area contributed by atoms with Crippen LogP contribution < -0.4 is 4.74 Å². The van der Waals surface area contributed by atoms with E-state index in [1.54, 1.807) is 22.6 Å². The first kappa shape index (κ1) is 11.6. The molecule has 0 bridgehead atoms. The number of thioether (sulfide) groups is 1. The minimum Gasteiger partial charge on any atom is -0.485 e. The van der Waals surface area contributed by atoms with Crippen molar-refractivity contribution in [3.05, 3.63) is 42.2 Å². The van der Waals surface area contributed by atoms with E-state index >= 15 is 0 Å². The van der Waals surface area contributed by atoms with Crippen molar-refractivity contribution in [1.29, 1.82) is 0 Å². The van der Waals surface area contributed by atoms with Crippen molar-refractivity contribution in [3.8, 4) is 5.75 Å². The predicted octanol–water partition coefficient (Wildman–Crippen LogP) is 2.01. The van der Waals surface area contributed by atoms with E-state index in [1.807, 2.05) is 37.4 Å². The van der Waals surface area contributed by atoms with Crippen LogP contribution in [0.3, 0.4) is 0 Å². The summed E-state index contributed by atoms with van der Waals surface area (Å²) >= 11 is 1.71. The number of benzene rings is 1. The Kier molecular flexibility index (Phi) is 3.01. The van der Waals surface area contributed by atoms with Gasteiger partial charge in [0.2, 0.25) is 0 Å². The van der Waals surface area contributed by atoms with E-state index in [2.05, 4.69) is 5.10 Å². The van der Waals surface area contributed by atoms with Crippen molar-refractivity contribution in [2.45, 2.75) is 17.1 Å². The lowest BCUT2D eigenvalue weighted by atomic mass is 10.1. The number of nitrogens with zero attached hydrogens (tertiary/aromatic N) is 2. The number of fused-ring (bicyclic) bond motifs is 1. The third-order valence-electron chi connectivity index (χ3n) is 3.04. The molecule has 4 nitrogen and oxygen atoms in total. The van der Waals surface area contributed by atoms with Crippen molar-refractivity contribution < 1.29 is 9.84 Å².